The van der Waals surface area contributed by atoms with Crippen molar-refractivity contribution in [3.05, 3.63) is 0 Å². The van der Waals surface area contributed by atoms with Crippen LogP contribution in [0.25, 0.3) is 0 Å². The van der Waals surface area contributed by atoms with Crippen LogP contribution in [0.2, 0.25) is 0 Å². The van der Waals surface area contributed by atoms with Crippen molar-refractivity contribution in [3.8, 4) is 0 Å². The number of hydrogen-bond acceptors (Lipinski definition) is 6. The topological polar surface area (TPSA) is 84.5 Å². The Morgan fingerprint density at radius 2 is 2.15 bits per heavy atom. The third-order valence-electron chi connectivity index (χ3n) is 3.36. The van der Waals surface area contributed by atoms with Crippen molar-refractivity contribution in [2.45, 2.75) is 50.8 Å². The number of ether oxygens (including phenoxy) is 1. The molecule has 1 rings (SSSR count). The fourth-order valence-electron chi connectivity index (χ4n) is 1.76. The Morgan fingerprint density at radius 1 is 1.45 bits per heavy atom. The number of amides is 1. The quantitative estimate of drug-likeness (QED) is 0.429. The van der Waals surface area contributed by atoms with Crippen molar-refractivity contribution in [1.29, 1.82) is 0 Å². The molecule has 7 heteroatoms. The first kappa shape index (κ1) is 17.0. The number of carbonyl (C=O) groups excluding carboxylic acids is 3. The summed E-state index contributed by atoms with van der Waals surface area (Å²) in [7, 11) is 0. The van der Waals surface area contributed by atoms with Gasteiger partial charge in [0.15, 0.2) is 0 Å². The van der Waals surface area contributed by atoms with Crippen molar-refractivity contribution >= 4 is 29.6 Å². The summed E-state index contributed by atoms with van der Waals surface area (Å²) in [4.78, 5) is 34.8. The molecular formula is C13H22N2O4S. The molecule has 0 aromatic carbocycles. The molecule has 6 nitrogen and oxygen atoms in total. The van der Waals surface area contributed by atoms with Crippen LogP contribution in [0, 0.1) is 0 Å². The molecule has 0 aromatic rings. The zero-order chi connectivity index (χ0) is 15.2. The summed E-state index contributed by atoms with van der Waals surface area (Å²) < 4.78 is 4.14. The first-order chi connectivity index (χ1) is 9.39. The molecular weight excluding hydrogens is 280 g/mol. The van der Waals surface area contributed by atoms with Gasteiger partial charge in [-0.25, -0.2) is 4.79 Å². The molecule has 1 saturated heterocycles. The lowest BCUT2D eigenvalue weighted by Crippen LogP contribution is -2.41. The Hall–Kier alpha value is -1.08. The highest BCUT2D eigenvalue weighted by atomic mass is 32.2. The molecule has 20 heavy (non-hydrogen) atoms. The van der Waals surface area contributed by atoms with Crippen molar-refractivity contribution in [2.24, 2.45) is 0 Å². The summed E-state index contributed by atoms with van der Waals surface area (Å²) in [6, 6.07) is -0.375. The molecule has 0 spiro atoms. The van der Waals surface area contributed by atoms with Gasteiger partial charge in [0.05, 0.1) is 5.88 Å². The summed E-state index contributed by atoms with van der Waals surface area (Å²) >= 11 is 1.27. The number of nitrogens with one attached hydrogen (secondary N) is 2. The number of rotatable bonds is 6. The summed E-state index contributed by atoms with van der Waals surface area (Å²) in [6.45, 7) is 5.76. The van der Waals surface area contributed by atoms with E-state index >= 15 is 0 Å². The normalized spacial score (nSPS) is 21.1. The van der Waals surface area contributed by atoms with Crippen molar-refractivity contribution < 1.29 is 19.1 Å². The Balaban J connectivity index is 2.51. The lowest BCUT2D eigenvalue weighted by atomic mass is 10.1. The third-order valence-corrected chi connectivity index (χ3v) is 4.74. The first-order valence-corrected chi connectivity index (χ1v) is 7.75. The first-order valence-electron chi connectivity index (χ1n) is 6.77. The van der Waals surface area contributed by atoms with E-state index in [2.05, 4.69) is 10.6 Å². The number of carbonyl (C=O) groups is 3. The van der Waals surface area contributed by atoms with Gasteiger partial charge in [0.1, 0.15) is 10.8 Å². The van der Waals surface area contributed by atoms with E-state index in [0.717, 1.165) is 13.0 Å². The van der Waals surface area contributed by atoms with E-state index in [1.807, 2.05) is 6.92 Å². The predicted molar refractivity (Wildman–Crippen MR) is 77.1 cm³/mol. The smallest absolute Gasteiger partial charge is 0.330 e. The van der Waals surface area contributed by atoms with E-state index in [4.69, 9.17) is 4.74 Å². The van der Waals surface area contributed by atoms with Gasteiger partial charge in [-0.3, -0.25) is 9.59 Å². The Labute approximate surface area is 123 Å². The van der Waals surface area contributed by atoms with Crippen LogP contribution in [0.1, 0.15) is 40.0 Å². The summed E-state index contributed by atoms with van der Waals surface area (Å²) in [5.74, 6) is -0.901. The predicted octanol–water partition coefficient (Wildman–Crippen LogP) is 0.804. The average Bonchev–Trinajstić information content (AvgIpc) is 2.91. The van der Waals surface area contributed by atoms with Crippen LogP contribution in [-0.2, 0) is 19.1 Å². The van der Waals surface area contributed by atoms with Gasteiger partial charge in [0, 0.05) is 6.92 Å². The maximum Gasteiger partial charge on any atom is 0.330 e. The van der Waals surface area contributed by atoms with Crippen LogP contribution in [0.5, 0.6) is 0 Å². The van der Waals surface area contributed by atoms with Crippen LogP contribution in [0.4, 0.5) is 0 Å². The van der Waals surface area contributed by atoms with Crippen molar-refractivity contribution in [2.75, 3.05) is 12.4 Å². The number of hydrogen-bond donors (Lipinski definition) is 2. The number of esters is 2. The Bertz CT molecular complexity index is 383. The summed E-state index contributed by atoms with van der Waals surface area (Å²) in [5.41, 5.74) is 0. The van der Waals surface area contributed by atoms with Gasteiger partial charge >= 0.3 is 11.9 Å². The summed E-state index contributed by atoms with van der Waals surface area (Å²) in [6.07, 6.45) is 2.13. The molecule has 2 N–H and O–H groups in total. The van der Waals surface area contributed by atoms with E-state index in [-0.39, 0.29) is 11.9 Å². The zero-order valence-corrected chi connectivity index (χ0v) is 13.0. The standard InChI is InChI=1S/C13H22N2O4S/c1-4-13(3,20-8-15-9(2)16)12(18)19-11(17)10-6-5-7-14-10/h10,14H,4-8H2,1-3H3,(H,15,16)/t10-,13?/m0/s1. The van der Waals surface area contributed by atoms with E-state index in [1.165, 1.54) is 18.7 Å². The molecule has 0 aliphatic carbocycles. The van der Waals surface area contributed by atoms with Crippen LogP contribution in [0.15, 0.2) is 0 Å². The third kappa shape index (κ3) is 4.79. The second-order valence-corrected chi connectivity index (χ2v) is 6.44. The van der Waals surface area contributed by atoms with Gasteiger partial charge < -0.3 is 15.4 Å². The van der Waals surface area contributed by atoms with E-state index < -0.39 is 16.7 Å². The lowest BCUT2D eigenvalue weighted by molar-refractivity contribution is -0.162. The van der Waals surface area contributed by atoms with E-state index in [0.29, 0.717) is 18.7 Å². The molecule has 1 aliphatic heterocycles. The monoisotopic (exact) mass is 302 g/mol. The molecule has 1 fully saturated rings. The molecule has 114 valence electrons. The van der Waals surface area contributed by atoms with Crippen molar-refractivity contribution in [3.63, 3.8) is 0 Å². The molecule has 0 radical (unpaired) electrons. The van der Waals surface area contributed by atoms with Gasteiger partial charge in [-0.05, 0) is 32.7 Å². The molecule has 1 aliphatic rings. The molecule has 1 heterocycles. The largest absolute Gasteiger partial charge is 0.391 e. The fourth-order valence-corrected chi connectivity index (χ4v) is 2.72. The molecule has 0 bridgehead atoms. The van der Waals surface area contributed by atoms with Crippen LogP contribution < -0.4 is 10.6 Å². The van der Waals surface area contributed by atoms with E-state index in [1.54, 1.807) is 6.92 Å². The van der Waals surface area contributed by atoms with Crippen LogP contribution in [0.3, 0.4) is 0 Å². The van der Waals surface area contributed by atoms with Crippen molar-refractivity contribution in [1.82, 2.24) is 10.6 Å². The Morgan fingerprint density at radius 3 is 2.65 bits per heavy atom. The highest BCUT2D eigenvalue weighted by Crippen LogP contribution is 2.29. The molecule has 2 atom stereocenters. The molecule has 1 amide bonds. The second-order valence-electron chi connectivity index (χ2n) is 4.96. The highest BCUT2D eigenvalue weighted by molar-refractivity contribution is 8.01. The van der Waals surface area contributed by atoms with Gasteiger partial charge in [0.25, 0.3) is 0 Å². The van der Waals surface area contributed by atoms with E-state index in [9.17, 15) is 14.4 Å². The zero-order valence-electron chi connectivity index (χ0n) is 12.2. The fraction of sp³-hybridized carbons (Fsp3) is 0.769. The second kappa shape index (κ2) is 7.64. The average molecular weight is 302 g/mol. The maximum atomic E-state index is 12.1. The SMILES string of the molecule is CCC(C)(SCNC(C)=O)C(=O)OC(=O)[C@@H]1CCCN1. The minimum Gasteiger partial charge on any atom is -0.391 e. The minimum absolute atomic E-state index is 0.157. The summed E-state index contributed by atoms with van der Waals surface area (Å²) in [5, 5.41) is 5.62. The van der Waals surface area contributed by atoms with Crippen LogP contribution >= 0.6 is 11.8 Å². The van der Waals surface area contributed by atoms with Gasteiger partial charge in [-0.1, -0.05) is 6.92 Å². The number of thioether (sulfide) groups is 1. The van der Waals surface area contributed by atoms with Gasteiger partial charge in [0.2, 0.25) is 5.91 Å². The lowest BCUT2D eigenvalue weighted by Gasteiger charge is -2.25. The Kier molecular flexibility index (Phi) is 6.48. The highest BCUT2D eigenvalue weighted by Gasteiger charge is 2.37. The molecule has 1 unspecified atom stereocenters. The molecule has 0 saturated carbocycles. The van der Waals surface area contributed by atoms with Gasteiger partial charge in [-0.15, -0.1) is 11.8 Å². The van der Waals surface area contributed by atoms with Gasteiger partial charge in [-0.2, -0.15) is 0 Å². The maximum absolute atomic E-state index is 12.1. The minimum atomic E-state index is -0.837. The molecule has 0 aromatic heterocycles. The van der Waals surface area contributed by atoms with Crippen LogP contribution in [-0.4, -0.2) is 41.1 Å².